The molecule has 0 aromatic heterocycles. The number of rotatable bonds is 5. The van der Waals surface area contributed by atoms with Gasteiger partial charge >= 0.3 is 0 Å². The molecule has 0 amide bonds. The lowest BCUT2D eigenvalue weighted by atomic mass is 9.84. The monoisotopic (exact) mass is 237 g/mol. The van der Waals surface area contributed by atoms with Crippen LogP contribution in [0.5, 0.6) is 0 Å². The van der Waals surface area contributed by atoms with Crippen molar-refractivity contribution in [1.29, 1.82) is 0 Å². The first kappa shape index (κ1) is 13.1. The quantitative estimate of drug-likeness (QED) is 0.795. The zero-order valence-corrected chi connectivity index (χ0v) is 11.0. The molecule has 1 atom stereocenters. The van der Waals surface area contributed by atoms with E-state index in [2.05, 4.69) is 5.32 Å². The SMILES string of the molecule is O=C(CCC1CCCNC1)CC1CCCCC1. The molecule has 2 fully saturated rings. The first-order chi connectivity index (χ1) is 8.34. The maximum absolute atomic E-state index is 11.9. The zero-order valence-electron chi connectivity index (χ0n) is 11.0. The summed E-state index contributed by atoms with van der Waals surface area (Å²) in [5.74, 6) is 2.02. The summed E-state index contributed by atoms with van der Waals surface area (Å²) in [6.07, 6.45) is 12.1. The summed E-state index contributed by atoms with van der Waals surface area (Å²) < 4.78 is 0. The van der Waals surface area contributed by atoms with Crippen LogP contribution in [0, 0.1) is 11.8 Å². The maximum Gasteiger partial charge on any atom is 0.133 e. The van der Waals surface area contributed by atoms with Crippen LogP contribution >= 0.6 is 0 Å². The van der Waals surface area contributed by atoms with E-state index in [-0.39, 0.29) is 0 Å². The summed E-state index contributed by atoms with van der Waals surface area (Å²) in [6.45, 7) is 2.31. The van der Waals surface area contributed by atoms with Crippen LogP contribution in [-0.2, 0) is 4.79 Å². The standard InChI is InChI=1S/C15H27NO/c17-15(11-13-5-2-1-3-6-13)9-8-14-7-4-10-16-12-14/h13-14,16H,1-12H2. The minimum absolute atomic E-state index is 0.530. The molecule has 1 heterocycles. The predicted octanol–water partition coefficient (Wildman–Crippen LogP) is 3.31. The Hall–Kier alpha value is -0.370. The topological polar surface area (TPSA) is 29.1 Å². The molecule has 1 unspecified atom stereocenters. The third-order valence-electron chi connectivity index (χ3n) is 4.47. The second-order valence-electron chi connectivity index (χ2n) is 6.00. The van der Waals surface area contributed by atoms with Crippen molar-refractivity contribution in [3.63, 3.8) is 0 Å². The molecule has 98 valence electrons. The van der Waals surface area contributed by atoms with Gasteiger partial charge in [0.05, 0.1) is 0 Å². The minimum atomic E-state index is 0.530. The molecule has 0 radical (unpaired) electrons. The molecule has 17 heavy (non-hydrogen) atoms. The van der Waals surface area contributed by atoms with Gasteiger partial charge in [0.15, 0.2) is 0 Å². The molecule has 0 aromatic rings. The molecule has 1 aliphatic heterocycles. The van der Waals surface area contributed by atoms with E-state index in [9.17, 15) is 4.79 Å². The fraction of sp³-hybridized carbons (Fsp3) is 0.933. The van der Waals surface area contributed by atoms with Crippen molar-refractivity contribution in [3.05, 3.63) is 0 Å². The smallest absolute Gasteiger partial charge is 0.133 e. The number of Topliss-reactive ketones (excluding diaryl/α,β-unsaturated/α-hetero) is 1. The Bertz CT molecular complexity index is 227. The number of carbonyl (C=O) groups excluding carboxylic acids is 1. The number of piperidine rings is 1. The van der Waals surface area contributed by atoms with Crippen LogP contribution in [0.15, 0.2) is 0 Å². The summed E-state index contributed by atoms with van der Waals surface area (Å²) in [5, 5.41) is 3.43. The van der Waals surface area contributed by atoms with E-state index < -0.39 is 0 Å². The van der Waals surface area contributed by atoms with Crippen LogP contribution in [0.25, 0.3) is 0 Å². The lowest BCUT2D eigenvalue weighted by Crippen LogP contribution is -2.30. The van der Waals surface area contributed by atoms with Gasteiger partial charge in [-0.2, -0.15) is 0 Å². The van der Waals surface area contributed by atoms with Crippen LogP contribution in [0.3, 0.4) is 0 Å². The van der Waals surface area contributed by atoms with Crippen LogP contribution in [-0.4, -0.2) is 18.9 Å². The van der Waals surface area contributed by atoms with Crippen molar-refractivity contribution in [1.82, 2.24) is 5.32 Å². The van der Waals surface area contributed by atoms with Gasteiger partial charge in [-0.25, -0.2) is 0 Å². The third-order valence-corrected chi connectivity index (χ3v) is 4.47. The lowest BCUT2D eigenvalue weighted by Gasteiger charge is -2.23. The van der Waals surface area contributed by atoms with Gasteiger partial charge < -0.3 is 5.32 Å². The molecule has 0 spiro atoms. The second kappa shape index (κ2) is 7.15. The highest BCUT2D eigenvalue weighted by molar-refractivity contribution is 5.78. The Kier molecular flexibility index (Phi) is 5.50. The highest BCUT2D eigenvalue weighted by Gasteiger charge is 2.18. The number of ketones is 1. The van der Waals surface area contributed by atoms with Crippen molar-refractivity contribution in [2.24, 2.45) is 11.8 Å². The average molecular weight is 237 g/mol. The number of hydrogen-bond acceptors (Lipinski definition) is 2. The molecule has 2 rings (SSSR count). The summed E-state index contributed by atoms with van der Waals surface area (Å²) in [6, 6.07) is 0. The Morgan fingerprint density at radius 1 is 1.00 bits per heavy atom. The second-order valence-corrected chi connectivity index (χ2v) is 6.00. The zero-order chi connectivity index (χ0) is 11.9. The highest BCUT2D eigenvalue weighted by atomic mass is 16.1. The van der Waals surface area contributed by atoms with Crippen molar-refractivity contribution in [2.75, 3.05) is 13.1 Å². The first-order valence-electron chi connectivity index (χ1n) is 7.57. The van der Waals surface area contributed by atoms with Gasteiger partial charge in [0, 0.05) is 12.8 Å². The van der Waals surface area contributed by atoms with E-state index in [1.165, 1.54) is 51.5 Å². The van der Waals surface area contributed by atoms with Gasteiger partial charge in [0.2, 0.25) is 0 Å². The fourth-order valence-corrected chi connectivity index (χ4v) is 3.35. The first-order valence-corrected chi connectivity index (χ1v) is 7.57. The minimum Gasteiger partial charge on any atom is -0.316 e. The van der Waals surface area contributed by atoms with E-state index in [4.69, 9.17) is 0 Å². The van der Waals surface area contributed by atoms with Crippen LogP contribution in [0.2, 0.25) is 0 Å². The van der Waals surface area contributed by atoms with Crippen molar-refractivity contribution >= 4 is 5.78 Å². The Balaban J connectivity index is 1.59. The van der Waals surface area contributed by atoms with E-state index >= 15 is 0 Å². The van der Waals surface area contributed by atoms with Crippen molar-refractivity contribution in [3.8, 4) is 0 Å². The van der Waals surface area contributed by atoms with Gasteiger partial charge in [-0.3, -0.25) is 4.79 Å². The average Bonchev–Trinajstić information content (AvgIpc) is 2.39. The third kappa shape index (κ3) is 4.79. The summed E-state index contributed by atoms with van der Waals surface area (Å²) in [5.41, 5.74) is 0. The van der Waals surface area contributed by atoms with Gasteiger partial charge in [-0.1, -0.05) is 32.1 Å². The summed E-state index contributed by atoms with van der Waals surface area (Å²) in [4.78, 5) is 11.9. The van der Waals surface area contributed by atoms with Gasteiger partial charge in [-0.15, -0.1) is 0 Å². The number of nitrogens with one attached hydrogen (secondary N) is 1. The van der Waals surface area contributed by atoms with E-state index in [1.807, 2.05) is 0 Å². The molecule has 1 aliphatic carbocycles. The van der Waals surface area contributed by atoms with E-state index in [1.54, 1.807) is 0 Å². The Morgan fingerprint density at radius 2 is 1.76 bits per heavy atom. The lowest BCUT2D eigenvalue weighted by molar-refractivity contribution is -0.120. The van der Waals surface area contributed by atoms with Gasteiger partial charge in [0.25, 0.3) is 0 Å². The fourth-order valence-electron chi connectivity index (χ4n) is 3.35. The molecule has 0 aromatic carbocycles. The molecule has 1 N–H and O–H groups in total. The largest absolute Gasteiger partial charge is 0.316 e. The van der Waals surface area contributed by atoms with Crippen LogP contribution in [0.4, 0.5) is 0 Å². The molecule has 2 nitrogen and oxygen atoms in total. The maximum atomic E-state index is 11.9. The molecule has 0 bridgehead atoms. The number of hydrogen-bond donors (Lipinski definition) is 1. The molecule has 1 saturated carbocycles. The Morgan fingerprint density at radius 3 is 2.47 bits per heavy atom. The summed E-state index contributed by atoms with van der Waals surface area (Å²) in [7, 11) is 0. The molecular formula is C15H27NO. The van der Waals surface area contributed by atoms with E-state index in [0.29, 0.717) is 5.78 Å². The van der Waals surface area contributed by atoms with Crippen molar-refractivity contribution in [2.45, 2.75) is 64.2 Å². The van der Waals surface area contributed by atoms with Gasteiger partial charge in [0.1, 0.15) is 5.78 Å². The molecular weight excluding hydrogens is 210 g/mol. The highest BCUT2D eigenvalue weighted by Crippen LogP contribution is 2.27. The molecule has 2 aliphatic rings. The van der Waals surface area contributed by atoms with Crippen LogP contribution < -0.4 is 5.32 Å². The molecule has 1 saturated heterocycles. The van der Waals surface area contributed by atoms with E-state index in [0.717, 1.165) is 37.6 Å². The normalized spacial score (nSPS) is 26.9. The Labute approximate surface area is 106 Å². The predicted molar refractivity (Wildman–Crippen MR) is 71.0 cm³/mol. The number of carbonyl (C=O) groups is 1. The summed E-state index contributed by atoms with van der Waals surface area (Å²) >= 11 is 0. The van der Waals surface area contributed by atoms with Crippen molar-refractivity contribution < 1.29 is 4.79 Å². The van der Waals surface area contributed by atoms with Gasteiger partial charge in [-0.05, 0) is 44.2 Å². The van der Waals surface area contributed by atoms with Crippen LogP contribution in [0.1, 0.15) is 64.2 Å². The molecule has 2 heteroatoms.